The molecule has 0 saturated heterocycles. The normalized spacial score (nSPS) is 9.56. The quantitative estimate of drug-likeness (QED) is 0.512. The van der Waals surface area contributed by atoms with Gasteiger partial charge in [-0.25, -0.2) is 9.89 Å². The van der Waals surface area contributed by atoms with Crippen molar-refractivity contribution in [1.82, 2.24) is 14.9 Å². The highest BCUT2D eigenvalue weighted by atomic mass is 16.2. The molecule has 0 radical (unpaired) electrons. The Morgan fingerprint density at radius 3 is 2.67 bits per heavy atom. The summed E-state index contributed by atoms with van der Waals surface area (Å²) in [5.41, 5.74) is 2.41. The first kappa shape index (κ1) is 5.87. The van der Waals surface area contributed by atoms with Gasteiger partial charge < -0.3 is 5.43 Å². The molecule has 5 nitrogen and oxygen atoms in total. The number of H-pyrrole nitrogens is 1. The van der Waals surface area contributed by atoms with Gasteiger partial charge in [-0.2, -0.15) is 9.77 Å². The zero-order valence-corrected chi connectivity index (χ0v) is 5.30. The molecule has 0 fully saturated rings. The van der Waals surface area contributed by atoms with Crippen LogP contribution in [-0.2, 0) is 0 Å². The van der Waals surface area contributed by atoms with Crippen LogP contribution < -0.4 is 11.1 Å². The summed E-state index contributed by atoms with van der Waals surface area (Å²) >= 11 is 0. The Labute approximate surface area is 51.7 Å². The zero-order chi connectivity index (χ0) is 6.85. The first-order valence-electron chi connectivity index (χ1n) is 2.57. The van der Waals surface area contributed by atoms with E-state index < -0.39 is 0 Å². The number of hydrogen-bond donors (Lipinski definition) is 2. The molecular weight excluding hydrogens is 120 g/mol. The third kappa shape index (κ3) is 0.802. The standard InChI is InChI=1S/C4H8N4O/c1-3-6-7-4(9)8(3)5-2/h5H,1-2H3,(H,7,9). The molecule has 1 rings (SSSR count). The Kier molecular flexibility index (Phi) is 1.26. The molecule has 9 heavy (non-hydrogen) atoms. The molecule has 0 saturated carbocycles. The number of aromatic amines is 1. The van der Waals surface area contributed by atoms with Crippen LogP contribution in [0.3, 0.4) is 0 Å². The predicted molar refractivity (Wildman–Crippen MR) is 32.9 cm³/mol. The molecule has 0 aliphatic heterocycles. The van der Waals surface area contributed by atoms with Crippen molar-refractivity contribution in [2.45, 2.75) is 6.92 Å². The van der Waals surface area contributed by atoms with Crippen molar-refractivity contribution in [3.63, 3.8) is 0 Å². The van der Waals surface area contributed by atoms with Crippen LogP contribution in [0.1, 0.15) is 5.82 Å². The van der Waals surface area contributed by atoms with E-state index in [0.717, 1.165) is 0 Å². The van der Waals surface area contributed by atoms with Gasteiger partial charge in [0.2, 0.25) is 0 Å². The number of hydrogen-bond acceptors (Lipinski definition) is 3. The molecule has 1 aromatic heterocycles. The lowest BCUT2D eigenvalue weighted by Crippen LogP contribution is -2.24. The Bertz CT molecular complexity index is 247. The van der Waals surface area contributed by atoms with Crippen LogP contribution in [0.4, 0.5) is 0 Å². The summed E-state index contributed by atoms with van der Waals surface area (Å²) in [5.74, 6) is 0.627. The molecule has 2 N–H and O–H groups in total. The second-order valence-corrected chi connectivity index (χ2v) is 1.63. The third-order valence-corrected chi connectivity index (χ3v) is 1.06. The van der Waals surface area contributed by atoms with Crippen LogP contribution in [0.5, 0.6) is 0 Å². The van der Waals surface area contributed by atoms with Gasteiger partial charge in [-0.05, 0) is 6.92 Å². The maximum absolute atomic E-state index is 10.7. The molecule has 0 atom stereocenters. The van der Waals surface area contributed by atoms with Gasteiger partial charge in [-0.3, -0.25) is 0 Å². The van der Waals surface area contributed by atoms with E-state index in [4.69, 9.17) is 0 Å². The minimum Gasteiger partial charge on any atom is -0.323 e. The summed E-state index contributed by atoms with van der Waals surface area (Å²) in [6.45, 7) is 1.73. The summed E-state index contributed by atoms with van der Waals surface area (Å²) in [7, 11) is 1.66. The van der Waals surface area contributed by atoms with Gasteiger partial charge in [-0.1, -0.05) is 0 Å². The molecule has 0 bridgehead atoms. The van der Waals surface area contributed by atoms with Crippen LogP contribution in [0, 0.1) is 6.92 Å². The number of rotatable bonds is 1. The summed E-state index contributed by atoms with van der Waals surface area (Å²) in [4.78, 5) is 10.7. The Balaban J connectivity index is 3.23. The lowest BCUT2D eigenvalue weighted by Gasteiger charge is -1.96. The van der Waals surface area contributed by atoms with E-state index in [9.17, 15) is 4.79 Å². The molecule has 5 heteroatoms. The molecule has 0 aromatic carbocycles. The molecule has 1 aromatic rings. The molecule has 0 amide bonds. The monoisotopic (exact) mass is 128 g/mol. The first-order valence-corrected chi connectivity index (χ1v) is 2.57. The lowest BCUT2D eigenvalue weighted by atomic mass is 10.7. The van der Waals surface area contributed by atoms with Crippen molar-refractivity contribution in [1.29, 1.82) is 0 Å². The highest BCUT2D eigenvalue weighted by molar-refractivity contribution is 4.83. The van der Waals surface area contributed by atoms with Crippen molar-refractivity contribution < 1.29 is 0 Å². The maximum Gasteiger partial charge on any atom is 0.362 e. The molecule has 0 unspecified atom stereocenters. The van der Waals surface area contributed by atoms with E-state index in [-0.39, 0.29) is 5.69 Å². The summed E-state index contributed by atoms with van der Waals surface area (Å²) < 4.78 is 1.32. The number of nitrogens with zero attached hydrogens (tertiary/aromatic N) is 2. The molecule has 1 heterocycles. The number of aromatic nitrogens is 3. The maximum atomic E-state index is 10.7. The average molecular weight is 128 g/mol. The fraction of sp³-hybridized carbons (Fsp3) is 0.500. The van der Waals surface area contributed by atoms with E-state index in [0.29, 0.717) is 5.82 Å². The zero-order valence-electron chi connectivity index (χ0n) is 5.30. The molecule has 50 valence electrons. The van der Waals surface area contributed by atoms with Gasteiger partial charge >= 0.3 is 5.69 Å². The van der Waals surface area contributed by atoms with Crippen molar-refractivity contribution in [3.05, 3.63) is 16.3 Å². The Hall–Kier alpha value is -1.26. The summed E-state index contributed by atoms with van der Waals surface area (Å²) in [6.07, 6.45) is 0. The largest absolute Gasteiger partial charge is 0.362 e. The first-order chi connectivity index (χ1) is 4.25. The van der Waals surface area contributed by atoms with Gasteiger partial charge in [0.1, 0.15) is 5.82 Å². The minimum absolute atomic E-state index is 0.241. The molecule has 0 spiro atoms. The van der Waals surface area contributed by atoms with Crippen LogP contribution in [0.25, 0.3) is 0 Å². The lowest BCUT2D eigenvalue weighted by molar-refractivity contribution is 0.838. The minimum atomic E-state index is -0.241. The summed E-state index contributed by atoms with van der Waals surface area (Å²) in [6, 6.07) is 0. The van der Waals surface area contributed by atoms with Gasteiger partial charge in [0.25, 0.3) is 0 Å². The predicted octanol–water partition coefficient (Wildman–Crippen LogP) is -0.947. The SMILES string of the molecule is CNn1c(C)n[nH]c1=O. The highest BCUT2D eigenvalue weighted by Gasteiger charge is 1.97. The average Bonchev–Trinajstić information content (AvgIpc) is 2.12. The Morgan fingerprint density at radius 2 is 2.44 bits per heavy atom. The smallest absolute Gasteiger partial charge is 0.323 e. The van der Waals surface area contributed by atoms with E-state index in [1.54, 1.807) is 14.0 Å². The van der Waals surface area contributed by atoms with E-state index in [2.05, 4.69) is 15.6 Å². The van der Waals surface area contributed by atoms with Crippen LogP contribution in [-0.4, -0.2) is 21.9 Å². The van der Waals surface area contributed by atoms with Gasteiger partial charge in [-0.15, -0.1) is 0 Å². The van der Waals surface area contributed by atoms with Crippen LogP contribution >= 0.6 is 0 Å². The highest BCUT2D eigenvalue weighted by Crippen LogP contribution is 1.77. The molecular formula is C4H8N4O. The van der Waals surface area contributed by atoms with E-state index in [1.807, 2.05) is 0 Å². The van der Waals surface area contributed by atoms with Crippen molar-refractivity contribution >= 4 is 0 Å². The fourth-order valence-electron chi connectivity index (χ4n) is 0.639. The molecule has 0 aliphatic rings. The summed E-state index contributed by atoms with van der Waals surface area (Å²) in [5, 5.41) is 5.93. The van der Waals surface area contributed by atoms with E-state index >= 15 is 0 Å². The number of nitrogens with one attached hydrogen (secondary N) is 2. The van der Waals surface area contributed by atoms with Gasteiger partial charge in [0.05, 0.1) is 0 Å². The third-order valence-electron chi connectivity index (χ3n) is 1.06. The van der Waals surface area contributed by atoms with Crippen LogP contribution in [0.2, 0.25) is 0 Å². The van der Waals surface area contributed by atoms with Crippen molar-refractivity contribution in [3.8, 4) is 0 Å². The number of aryl methyl sites for hydroxylation is 1. The second kappa shape index (κ2) is 1.93. The van der Waals surface area contributed by atoms with Crippen molar-refractivity contribution in [2.24, 2.45) is 0 Å². The van der Waals surface area contributed by atoms with Crippen molar-refractivity contribution in [2.75, 3.05) is 12.5 Å². The van der Waals surface area contributed by atoms with Gasteiger partial charge in [0, 0.05) is 7.05 Å². The topological polar surface area (TPSA) is 62.7 Å². The van der Waals surface area contributed by atoms with Gasteiger partial charge in [0.15, 0.2) is 0 Å². The van der Waals surface area contributed by atoms with Crippen LogP contribution in [0.15, 0.2) is 4.79 Å². The second-order valence-electron chi connectivity index (χ2n) is 1.63. The Morgan fingerprint density at radius 1 is 1.78 bits per heavy atom. The fourth-order valence-corrected chi connectivity index (χ4v) is 0.639. The van der Waals surface area contributed by atoms with E-state index in [1.165, 1.54) is 4.68 Å². The molecule has 0 aliphatic carbocycles.